The summed E-state index contributed by atoms with van der Waals surface area (Å²) in [6, 6.07) is 16.4. The molecule has 0 spiro atoms. The Morgan fingerprint density at radius 2 is 1.79 bits per heavy atom. The maximum absolute atomic E-state index is 5.78. The van der Waals surface area contributed by atoms with E-state index < -0.39 is 0 Å². The predicted molar refractivity (Wildman–Crippen MR) is 84.0 cm³/mol. The van der Waals surface area contributed by atoms with Crippen LogP contribution in [-0.2, 0) is 12.3 Å². The second-order valence-electron chi connectivity index (χ2n) is 4.34. The molecule has 0 N–H and O–H groups in total. The van der Waals surface area contributed by atoms with Gasteiger partial charge in [-0.2, -0.15) is 0 Å². The van der Waals surface area contributed by atoms with E-state index in [2.05, 4.69) is 40.2 Å². The highest BCUT2D eigenvalue weighted by Gasteiger charge is 2.02. The zero-order valence-electron chi connectivity index (χ0n) is 10.6. The molecule has 0 saturated carbocycles. The van der Waals surface area contributed by atoms with Crippen LogP contribution in [0, 0.1) is 0 Å². The third-order valence-electron chi connectivity index (χ3n) is 2.86. The molecule has 1 nitrogen and oxygen atoms in total. The van der Waals surface area contributed by atoms with Crippen LogP contribution in [-0.4, -0.2) is 6.61 Å². The molecule has 0 amide bonds. The van der Waals surface area contributed by atoms with Gasteiger partial charge in [-0.3, -0.25) is 0 Å². The van der Waals surface area contributed by atoms with Crippen molar-refractivity contribution in [3.8, 4) is 5.75 Å². The van der Waals surface area contributed by atoms with Crippen LogP contribution in [0.5, 0.6) is 5.75 Å². The first-order valence-corrected chi connectivity index (χ1v) is 7.63. The molecule has 0 aliphatic heterocycles. The highest BCUT2D eigenvalue weighted by molar-refractivity contribution is 9.10. The highest BCUT2D eigenvalue weighted by Crippen LogP contribution is 2.26. The fourth-order valence-corrected chi connectivity index (χ4v) is 2.55. The van der Waals surface area contributed by atoms with E-state index in [4.69, 9.17) is 16.3 Å². The molecule has 2 aromatic carbocycles. The Kier molecular flexibility index (Phi) is 5.74. The summed E-state index contributed by atoms with van der Waals surface area (Å²) in [6.45, 7) is 0.716. The first kappa shape index (κ1) is 14.4. The van der Waals surface area contributed by atoms with Gasteiger partial charge in [0.15, 0.2) is 0 Å². The molecule has 0 aliphatic carbocycles. The van der Waals surface area contributed by atoms with Crippen molar-refractivity contribution in [3.05, 3.63) is 64.1 Å². The number of alkyl halides is 1. The quantitative estimate of drug-likeness (QED) is 0.519. The third kappa shape index (κ3) is 4.55. The maximum Gasteiger partial charge on any atom is 0.133 e. The lowest BCUT2D eigenvalue weighted by Crippen LogP contribution is -2.00. The van der Waals surface area contributed by atoms with Crippen molar-refractivity contribution in [1.29, 1.82) is 0 Å². The fraction of sp³-hybridized carbons (Fsp3) is 0.250. The van der Waals surface area contributed by atoms with Crippen molar-refractivity contribution in [2.45, 2.75) is 18.7 Å². The van der Waals surface area contributed by atoms with Gasteiger partial charge in [0.25, 0.3) is 0 Å². The van der Waals surface area contributed by atoms with Crippen molar-refractivity contribution in [3.63, 3.8) is 0 Å². The van der Waals surface area contributed by atoms with E-state index in [9.17, 15) is 0 Å². The van der Waals surface area contributed by atoms with Gasteiger partial charge in [-0.25, -0.2) is 0 Å². The van der Waals surface area contributed by atoms with Gasteiger partial charge in [0.1, 0.15) is 5.75 Å². The summed E-state index contributed by atoms with van der Waals surface area (Å²) in [7, 11) is 0. The molecule has 0 fully saturated rings. The van der Waals surface area contributed by atoms with Gasteiger partial charge in [-0.15, -0.1) is 11.6 Å². The smallest absolute Gasteiger partial charge is 0.133 e. The van der Waals surface area contributed by atoms with E-state index in [1.165, 1.54) is 5.56 Å². The van der Waals surface area contributed by atoms with Crippen LogP contribution in [0.15, 0.2) is 53.0 Å². The Hall–Kier alpha value is -0.990. The van der Waals surface area contributed by atoms with Gasteiger partial charge in [0.2, 0.25) is 0 Å². The zero-order chi connectivity index (χ0) is 13.5. The largest absolute Gasteiger partial charge is 0.492 e. The number of hydrogen-bond acceptors (Lipinski definition) is 1. The van der Waals surface area contributed by atoms with Gasteiger partial charge >= 0.3 is 0 Å². The predicted octanol–water partition coefficient (Wildman–Crippen LogP) is 5.20. The van der Waals surface area contributed by atoms with Crippen LogP contribution in [0.25, 0.3) is 0 Å². The van der Waals surface area contributed by atoms with Crippen molar-refractivity contribution < 1.29 is 4.74 Å². The normalized spacial score (nSPS) is 10.4. The fourth-order valence-electron chi connectivity index (χ4n) is 1.85. The molecule has 0 aromatic heterocycles. The molecule has 0 heterocycles. The van der Waals surface area contributed by atoms with Gasteiger partial charge in [0, 0.05) is 5.88 Å². The first-order chi connectivity index (χ1) is 9.29. The van der Waals surface area contributed by atoms with E-state index in [0.29, 0.717) is 12.5 Å². The van der Waals surface area contributed by atoms with Crippen LogP contribution >= 0.6 is 27.5 Å². The molecule has 3 heteroatoms. The van der Waals surface area contributed by atoms with Gasteiger partial charge < -0.3 is 4.74 Å². The molecule has 0 radical (unpaired) electrons. The number of hydrogen-bond donors (Lipinski definition) is 0. The molecule has 0 atom stereocenters. The minimum atomic E-state index is 0.521. The second-order valence-corrected chi connectivity index (χ2v) is 5.46. The van der Waals surface area contributed by atoms with Crippen molar-refractivity contribution >= 4 is 27.5 Å². The lowest BCUT2D eigenvalue weighted by atomic mass is 10.1. The third-order valence-corrected chi connectivity index (χ3v) is 3.79. The van der Waals surface area contributed by atoms with E-state index >= 15 is 0 Å². The number of halogens is 2. The summed E-state index contributed by atoms with van der Waals surface area (Å²) in [5.41, 5.74) is 2.44. The standard InChI is InChI=1S/C16H16BrClO/c17-15-11-14(12-18)8-9-16(15)19-10-4-7-13-5-2-1-3-6-13/h1-3,5-6,8-9,11H,4,7,10,12H2. The van der Waals surface area contributed by atoms with E-state index in [1.54, 1.807) is 0 Å². The van der Waals surface area contributed by atoms with Crippen LogP contribution < -0.4 is 4.74 Å². The minimum absolute atomic E-state index is 0.521. The van der Waals surface area contributed by atoms with E-state index in [1.807, 2.05) is 24.3 Å². The van der Waals surface area contributed by atoms with Crippen LogP contribution in [0.4, 0.5) is 0 Å². The average Bonchev–Trinajstić information content (AvgIpc) is 2.46. The van der Waals surface area contributed by atoms with Crippen molar-refractivity contribution in [2.24, 2.45) is 0 Å². The highest BCUT2D eigenvalue weighted by atomic mass is 79.9. The topological polar surface area (TPSA) is 9.23 Å². The van der Waals surface area contributed by atoms with Crippen molar-refractivity contribution in [2.75, 3.05) is 6.61 Å². The SMILES string of the molecule is ClCc1ccc(OCCCc2ccccc2)c(Br)c1. The Balaban J connectivity index is 1.80. The molecule has 0 unspecified atom stereocenters. The summed E-state index contributed by atoms with van der Waals surface area (Å²) >= 11 is 9.29. The maximum atomic E-state index is 5.78. The molecule has 0 aliphatic rings. The molecule has 0 saturated heterocycles. The molecule has 100 valence electrons. The summed E-state index contributed by atoms with van der Waals surface area (Å²) in [5, 5.41) is 0. The molecule has 0 bridgehead atoms. The Labute approximate surface area is 127 Å². The second kappa shape index (κ2) is 7.56. The first-order valence-electron chi connectivity index (χ1n) is 6.30. The molecule has 19 heavy (non-hydrogen) atoms. The number of rotatable bonds is 6. The molecular weight excluding hydrogens is 324 g/mol. The van der Waals surface area contributed by atoms with Gasteiger partial charge in [-0.1, -0.05) is 36.4 Å². The van der Waals surface area contributed by atoms with E-state index in [0.717, 1.165) is 28.6 Å². The monoisotopic (exact) mass is 338 g/mol. The average molecular weight is 340 g/mol. The summed E-state index contributed by atoms with van der Waals surface area (Å²) in [6.07, 6.45) is 2.05. The summed E-state index contributed by atoms with van der Waals surface area (Å²) in [4.78, 5) is 0. The zero-order valence-corrected chi connectivity index (χ0v) is 13.0. The van der Waals surface area contributed by atoms with Gasteiger partial charge in [-0.05, 0) is 52.0 Å². The van der Waals surface area contributed by atoms with Gasteiger partial charge in [0.05, 0.1) is 11.1 Å². The van der Waals surface area contributed by atoms with Crippen LogP contribution in [0.3, 0.4) is 0 Å². The lowest BCUT2D eigenvalue weighted by molar-refractivity contribution is 0.309. The number of ether oxygens (including phenoxy) is 1. The van der Waals surface area contributed by atoms with Crippen LogP contribution in [0.1, 0.15) is 17.5 Å². The number of benzene rings is 2. The Bertz CT molecular complexity index is 513. The molecule has 2 rings (SSSR count). The number of aryl methyl sites for hydroxylation is 1. The Morgan fingerprint density at radius 3 is 2.47 bits per heavy atom. The summed E-state index contributed by atoms with van der Waals surface area (Å²) < 4.78 is 6.73. The molecule has 2 aromatic rings. The van der Waals surface area contributed by atoms with Crippen molar-refractivity contribution in [1.82, 2.24) is 0 Å². The van der Waals surface area contributed by atoms with E-state index in [-0.39, 0.29) is 0 Å². The Morgan fingerprint density at radius 1 is 1.00 bits per heavy atom. The van der Waals surface area contributed by atoms with Crippen LogP contribution in [0.2, 0.25) is 0 Å². The summed E-state index contributed by atoms with van der Waals surface area (Å²) in [5.74, 6) is 1.40. The lowest BCUT2D eigenvalue weighted by Gasteiger charge is -2.09. The minimum Gasteiger partial charge on any atom is -0.492 e. The molecular formula is C16H16BrClO.